The number of aromatic nitrogens is 4. The molecule has 0 radical (unpaired) electrons. The Hall–Kier alpha value is -10.5. The molecule has 0 amide bonds. The van der Waals surface area contributed by atoms with E-state index in [2.05, 4.69) is 83.3 Å². The lowest BCUT2D eigenvalue weighted by atomic mass is 9.83. The first-order valence-electron chi connectivity index (χ1n) is 34.2. The Balaban J connectivity index is 0.000000204. The van der Waals surface area contributed by atoms with Gasteiger partial charge >= 0.3 is 0 Å². The molecule has 0 atom stereocenters. The third kappa shape index (κ3) is 22.0. The molecular weight excluding hydrogens is 1320 g/mol. The molecule has 0 saturated carbocycles. The Labute approximate surface area is 618 Å². The van der Waals surface area contributed by atoms with Crippen molar-refractivity contribution in [1.29, 1.82) is 5.26 Å². The molecule has 15 heteroatoms. The van der Waals surface area contributed by atoms with Gasteiger partial charge in [-0.2, -0.15) is 5.26 Å². The van der Waals surface area contributed by atoms with Crippen molar-refractivity contribution >= 4 is 40.5 Å². The van der Waals surface area contributed by atoms with Crippen LogP contribution in [0.1, 0.15) is 224 Å². The number of hydrogen-bond acceptors (Lipinski definition) is 12. The fourth-order valence-corrected chi connectivity index (χ4v) is 10.7. The van der Waals surface area contributed by atoms with Crippen LogP contribution < -0.4 is 9.47 Å². The summed E-state index contributed by atoms with van der Waals surface area (Å²) < 4.78 is 39.7. The highest BCUT2D eigenvalue weighted by Gasteiger charge is 2.27. The van der Waals surface area contributed by atoms with Gasteiger partial charge in [-0.15, -0.1) is 0 Å². The monoisotopic (exact) mass is 1420 g/mol. The summed E-state index contributed by atoms with van der Waals surface area (Å²) in [5, 5.41) is 9.88. The van der Waals surface area contributed by atoms with Crippen molar-refractivity contribution in [1.82, 2.24) is 19.9 Å². The number of rotatable bonds is 12. The maximum atomic E-state index is 15.0. The maximum absolute atomic E-state index is 15.0. The highest BCUT2D eigenvalue weighted by atomic mass is 35.5. The smallest absolute Gasteiger partial charge is 0.159 e. The number of carbonyl (C=O) groups excluding carboxylic acids is 5. The predicted octanol–water partition coefficient (Wildman–Crippen LogP) is 22.7. The molecule has 0 saturated heterocycles. The molecule has 4 aromatic heterocycles. The standard InChI is InChI=1S/C19H21FO2.C18H18N2O.C18H21NO2.C17H18ClNO.C17H18FNO/c1-12(21)13-10-15(14-8-6-7-9-17(14)22-5)18(20)16(11-13)19(2,3)4;1-12(21)14-9-16(20-17(10-14)18(2,3)4)15-8-6-5-7-13(15)11-19;1-12(20)13-10-15(19-17(11-13)18(2,3)4)14-8-6-7-9-16(14)21-5;2*1-11(20)12-9-15(13-7-5-6-8-14(13)18)19-16(10-12)17(2,3)4/h6-11H,1-5H3;5-10H,1-4H3;6-11H,1-5H3;2*5-10H,1-4H3. The Morgan fingerprint density at radius 2 is 0.654 bits per heavy atom. The normalized spacial score (nSPS) is 11.3. The van der Waals surface area contributed by atoms with E-state index in [0.29, 0.717) is 77.8 Å². The van der Waals surface area contributed by atoms with Crippen LogP contribution in [0.4, 0.5) is 8.78 Å². The van der Waals surface area contributed by atoms with Gasteiger partial charge in [0.05, 0.1) is 48.6 Å². The van der Waals surface area contributed by atoms with E-state index in [0.717, 1.165) is 56.6 Å². The number of carbonyl (C=O) groups is 5. The van der Waals surface area contributed by atoms with E-state index in [9.17, 15) is 33.6 Å². The molecule has 0 aliphatic rings. The number of ketones is 5. The first-order chi connectivity index (χ1) is 48.5. The molecular formula is C89H96ClF2N5O7. The van der Waals surface area contributed by atoms with Gasteiger partial charge < -0.3 is 9.47 Å². The second-order valence-corrected chi connectivity index (χ2v) is 30.8. The highest BCUT2D eigenvalue weighted by Crippen LogP contribution is 2.39. The van der Waals surface area contributed by atoms with Gasteiger partial charge in [0, 0.05) is 111 Å². The van der Waals surface area contributed by atoms with E-state index in [1.807, 2.05) is 145 Å². The van der Waals surface area contributed by atoms with E-state index in [1.54, 1.807) is 108 Å². The van der Waals surface area contributed by atoms with E-state index in [4.69, 9.17) is 26.1 Å². The largest absolute Gasteiger partial charge is 0.496 e. The molecule has 0 aliphatic carbocycles. The molecule has 540 valence electrons. The average molecular weight is 1420 g/mol. The van der Waals surface area contributed by atoms with Crippen LogP contribution in [0.5, 0.6) is 11.5 Å². The zero-order chi connectivity index (χ0) is 77.6. The number of Topliss-reactive ketones (excluding diaryl/α,β-unsaturated/α-hetero) is 5. The molecule has 0 unspecified atom stereocenters. The minimum Gasteiger partial charge on any atom is -0.496 e. The van der Waals surface area contributed by atoms with Crippen molar-refractivity contribution in [3.63, 3.8) is 0 Å². The first kappa shape index (κ1) is 82.5. The van der Waals surface area contributed by atoms with Crippen LogP contribution >= 0.6 is 11.6 Å². The van der Waals surface area contributed by atoms with Gasteiger partial charge in [0.25, 0.3) is 0 Å². The Morgan fingerprint density at radius 1 is 0.356 bits per heavy atom. The number of hydrogen-bond donors (Lipinski definition) is 0. The molecule has 0 aliphatic heterocycles. The number of para-hydroxylation sites is 2. The Bertz CT molecular complexity index is 4730. The van der Waals surface area contributed by atoms with Crippen molar-refractivity contribution in [3.05, 3.63) is 260 Å². The summed E-state index contributed by atoms with van der Waals surface area (Å²) in [5.74, 6) is 0.649. The van der Waals surface area contributed by atoms with Gasteiger partial charge in [-0.3, -0.25) is 43.9 Å². The number of methoxy groups -OCH3 is 2. The molecule has 0 spiro atoms. The molecule has 0 N–H and O–H groups in total. The lowest BCUT2D eigenvalue weighted by Gasteiger charge is -2.23. The number of benzene rings is 6. The summed E-state index contributed by atoms with van der Waals surface area (Å²) in [6, 6.07) is 56.1. The average Bonchev–Trinajstić information content (AvgIpc) is 0.791. The molecule has 10 aromatic rings. The Kier molecular flexibility index (Phi) is 27.5. The second kappa shape index (κ2) is 34.7. The van der Waals surface area contributed by atoms with Crippen LogP contribution in [0.25, 0.3) is 56.2 Å². The highest BCUT2D eigenvalue weighted by molar-refractivity contribution is 6.33. The fraction of sp³-hybridized carbons (Fsp3) is 0.303. The van der Waals surface area contributed by atoms with E-state index in [-0.39, 0.29) is 62.2 Å². The van der Waals surface area contributed by atoms with Crippen molar-refractivity contribution < 1.29 is 42.2 Å². The predicted molar refractivity (Wildman–Crippen MR) is 417 cm³/mol. The van der Waals surface area contributed by atoms with Crippen LogP contribution in [0.15, 0.2) is 182 Å². The van der Waals surface area contributed by atoms with Crippen LogP contribution in [0.3, 0.4) is 0 Å². The summed E-state index contributed by atoms with van der Waals surface area (Å²) in [7, 11) is 3.19. The number of nitriles is 1. The van der Waals surface area contributed by atoms with E-state index in [1.165, 1.54) is 19.9 Å². The molecule has 10 rings (SSSR count). The molecule has 104 heavy (non-hydrogen) atoms. The minimum absolute atomic E-state index is 0.00131. The third-order valence-corrected chi connectivity index (χ3v) is 17.0. The van der Waals surface area contributed by atoms with Crippen molar-refractivity contribution in [3.8, 4) is 73.7 Å². The lowest BCUT2D eigenvalue weighted by Crippen LogP contribution is -2.15. The van der Waals surface area contributed by atoms with Gasteiger partial charge in [-0.25, -0.2) is 8.78 Å². The summed E-state index contributed by atoms with van der Waals surface area (Å²) in [6.07, 6.45) is 0. The van der Waals surface area contributed by atoms with Gasteiger partial charge in [0.2, 0.25) is 0 Å². The zero-order valence-corrected chi connectivity index (χ0v) is 64.8. The lowest BCUT2D eigenvalue weighted by molar-refractivity contribution is 0.100. The number of pyridine rings is 4. The van der Waals surface area contributed by atoms with Gasteiger partial charge in [-0.1, -0.05) is 194 Å². The molecule has 6 aromatic carbocycles. The van der Waals surface area contributed by atoms with Gasteiger partial charge in [-0.05, 0) is 149 Å². The molecule has 12 nitrogen and oxygen atoms in total. The van der Waals surface area contributed by atoms with Crippen LogP contribution in [0.2, 0.25) is 5.02 Å². The fourth-order valence-electron chi connectivity index (χ4n) is 10.5. The van der Waals surface area contributed by atoms with Gasteiger partial charge in [0.15, 0.2) is 28.9 Å². The van der Waals surface area contributed by atoms with Crippen LogP contribution in [0, 0.1) is 23.0 Å². The quantitative estimate of drug-likeness (QED) is 0.106. The summed E-state index contributed by atoms with van der Waals surface area (Å²) >= 11 is 6.23. The minimum atomic E-state index is -0.397. The SMILES string of the molecule is CC(=O)c1cc(-c2ccccc2C#N)nc(C(C)(C)C)c1.CC(=O)c1cc(-c2ccccc2Cl)nc(C(C)(C)C)c1.CC(=O)c1cc(-c2ccccc2F)nc(C(C)(C)C)c1.COc1ccccc1-c1cc(C(C)=O)cc(C(C)(C)C)c1F.COc1ccccc1-c1cc(C(C)=O)cc(C(C)(C)C)n1. The van der Waals surface area contributed by atoms with Crippen molar-refractivity contribution in [2.24, 2.45) is 0 Å². The molecule has 0 fully saturated rings. The van der Waals surface area contributed by atoms with E-state index >= 15 is 4.39 Å². The summed E-state index contributed by atoms with van der Waals surface area (Å²) in [5.41, 5.74) is 13.2. The van der Waals surface area contributed by atoms with Gasteiger partial charge in [0.1, 0.15) is 23.1 Å². The topological polar surface area (TPSA) is 179 Å². The molecule has 0 bridgehead atoms. The summed E-state index contributed by atoms with van der Waals surface area (Å²) in [4.78, 5) is 77.4. The number of halogens is 3. The first-order valence-corrected chi connectivity index (χ1v) is 34.6. The summed E-state index contributed by atoms with van der Waals surface area (Å²) in [6.45, 7) is 38.2. The van der Waals surface area contributed by atoms with Crippen molar-refractivity contribution in [2.45, 2.75) is 166 Å². The van der Waals surface area contributed by atoms with Crippen molar-refractivity contribution in [2.75, 3.05) is 14.2 Å². The third-order valence-electron chi connectivity index (χ3n) is 16.7. The number of nitrogens with zero attached hydrogens (tertiary/aromatic N) is 5. The Morgan fingerprint density at radius 3 is 1.01 bits per heavy atom. The van der Waals surface area contributed by atoms with Crippen LogP contribution in [-0.2, 0) is 27.1 Å². The van der Waals surface area contributed by atoms with Crippen LogP contribution in [-0.4, -0.2) is 63.1 Å². The second-order valence-electron chi connectivity index (χ2n) is 30.4. The van der Waals surface area contributed by atoms with E-state index < -0.39 is 5.41 Å². The maximum Gasteiger partial charge on any atom is 0.159 e. The molecule has 4 heterocycles. The zero-order valence-electron chi connectivity index (χ0n) is 64.0. The number of ether oxygens (including phenoxy) is 2.